The minimum absolute atomic E-state index is 0. The van der Waals surface area contributed by atoms with Gasteiger partial charge in [0.15, 0.2) is 0 Å². The van der Waals surface area contributed by atoms with E-state index >= 15 is 0 Å². The summed E-state index contributed by atoms with van der Waals surface area (Å²) in [7, 11) is 0. The largest absolute Gasteiger partial charge is 0.508 e. The third-order valence-corrected chi connectivity index (χ3v) is 2.85. The van der Waals surface area contributed by atoms with Crippen molar-refractivity contribution in [2.75, 3.05) is 6.54 Å². The van der Waals surface area contributed by atoms with E-state index in [1.165, 1.54) is 11.1 Å². The molecule has 0 saturated heterocycles. The normalized spacial score (nSPS) is 19.6. The standard InChI is InChI=1S/C11H15NO.BrH/c12-7-8-1-2-10-6-11(13)4-3-9(10)5-8;/h3-4,6,8,13H,1-2,5,7,12H2;1H/t8-;/m1./s1. The number of rotatable bonds is 1. The zero-order valence-electron chi connectivity index (χ0n) is 8.07. The Labute approximate surface area is 94.9 Å². The van der Waals surface area contributed by atoms with E-state index in [4.69, 9.17) is 5.73 Å². The fraction of sp³-hybridized carbons (Fsp3) is 0.455. The molecule has 0 spiro atoms. The third kappa shape index (κ3) is 2.28. The van der Waals surface area contributed by atoms with Crippen LogP contribution in [0, 0.1) is 5.92 Å². The number of fused-ring (bicyclic) bond motifs is 1. The molecule has 1 aliphatic carbocycles. The number of phenolic OH excluding ortho intramolecular Hbond substituents is 1. The second kappa shape index (κ2) is 4.80. The molecule has 0 fully saturated rings. The van der Waals surface area contributed by atoms with Gasteiger partial charge in [-0.3, -0.25) is 0 Å². The Bertz CT molecular complexity index is 314. The number of hydrogen-bond acceptors (Lipinski definition) is 2. The van der Waals surface area contributed by atoms with Crippen molar-refractivity contribution in [1.82, 2.24) is 0 Å². The second-order valence-electron chi connectivity index (χ2n) is 3.80. The quantitative estimate of drug-likeness (QED) is 0.809. The van der Waals surface area contributed by atoms with Crippen molar-refractivity contribution in [1.29, 1.82) is 0 Å². The number of phenols is 1. The van der Waals surface area contributed by atoms with Crippen LogP contribution in [0.5, 0.6) is 5.75 Å². The summed E-state index contributed by atoms with van der Waals surface area (Å²) < 4.78 is 0. The molecule has 1 atom stereocenters. The van der Waals surface area contributed by atoms with E-state index in [1.54, 1.807) is 6.07 Å². The van der Waals surface area contributed by atoms with Gasteiger partial charge in [0.05, 0.1) is 0 Å². The first-order valence-electron chi connectivity index (χ1n) is 4.80. The maximum absolute atomic E-state index is 9.29. The Kier molecular flexibility index (Phi) is 3.96. The molecular formula is C11H16BrNO. The van der Waals surface area contributed by atoms with Crippen molar-refractivity contribution in [2.45, 2.75) is 19.3 Å². The van der Waals surface area contributed by atoms with Gasteiger partial charge in [0, 0.05) is 0 Å². The molecular weight excluding hydrogens is 242 g/mol. The fourth-order valence-electron chi connectivity index (χ4n) is 2.02. The molecule has 2 rings (SSSR count). The van der Waals surface area contributed by atoms with Gasteiger partial charge in [-0.2, -0.15) is 0 Å². The minimum Gasteiger partial charge on any atom is -0.508 e. The highest BCUT2D eigenvalue weighted by Gasteiger charge is 2.17. The van der Waals surface area contributed by atoms with Gasteiger partial charge in [-0.15, -0.1) is 17.0 Å². The molecule has 3 N–H and O–H groups in total. The van der Waals surface area contributed by atoms with Crippen molar-refractivity contribution < 1.29 is 5.11 Å². The molecule has 0 unspecified atom stereocenters. The Morgan fingerprint density at radius 3 is 2.86 bits per heavy atom. The number of hydrogen-bond donors (Lipinski definition) is 2. The van der Waals surface area contributed by atoms with Crippen LogP contribution in [0.2, 0.25) is 0 Å². The molecule has 0 aromatic heterocycles. The maximum Gasteiger partial charge on any atom is 0.115 e. The van der Waals surface area contributed by atoms with E-state index in [9.17, 15) is 5.11 Å². The number of aryl methyl sites for hydroxylation is 1. The summed E-state index contributed by atoms with van der Waals surface area (Å²) in [6.45, 7) is 0.778. The fourth-order valence-corrected chi connectivity index (χ4v) is 2.02. The van der Waals surface area contributed by atoms with Crippen molar-refractivity contribution in [3.8, 4) is 5.75 Å². The summed E-state index contributed by atoms with van der Waals surface area (Å²) in [5.74, 6) is 1.02. The summed E-state index contributed by atoms with van der Waals surface area (Å²) in [6, 6.07) is 5.66. The van der Waals surface area contributed by atoms with Crippen LogP contribution >= 0.6 is 17.0 Å². The predicted octanol–water partition coefficient (Wildman–Crippen LogP) is 2.03. The van der Waals surface area contributed by atoms with E-state index in [-0.39, 0.29) is 17.0 Å². The molecule has 0 saturated carbocycles. The lowest BCUT2D eigenvalue weighted by molar-refractivity contribution is 0.456. The van der Waals surface area contributed by atoms with Gasteiger partial charge in [0.1, 0.15) is 5.75 Å². The lowest BCUT2D eigenvalue weighted by Crippen LogP contribution is -2.21. The summed E-state index contributed by atoms with van der Waals surface area (Å²) in [5.41, 5.74) is 8.30. The van der Waals surface area contributed by atoms with Gasteiger partial charge in [0.25, 0.3) is 0 Å². The van der Waals surface area contributed by atoms with Crippen molar-refractivity contribution in [2.24, 2.45) is 11.7 Å². The summed E-state index contributed by atoms with van der Waals surface area (Å²) >= 11 is 0. The maximum atomic E-state index is 9.29. The Morgan fingerprint density at radius 1 is 1.36 bits per heavy atom. The highest BCUT2D eigenvalue weighted by atomic mass is 79.9. The molecule has 78 valence electrons. The molecule has 0 radical (unpaired) electrons. The summed E-state index contributed by atoms with van der Waals surface area (Å²) in [5, 5.41) is 9.29. The molecule has 14 heavy (non-hydrogen) atoms. The first-order chi connectivity index (χ1) is 6.29. The van der Waals surface area contributed by atoms with Crippen LogP contribution in [0.3, 0.4) is 0 Å². The summed E-state index contributed by atoms with van der Waals surface area (Å²) in [6.07, 6.45) is 3.30. The van der Waals surface area contributed by atoms with Crippen LogP contribution in [0.1, 0.15) is 17.5 Å². The highest BCUT2D eigenvalue weighted by Crippen LogP contribution is 2.27. The first-order valence-corrected chi connectivity index (χ1v) is 4.80. The number of benzene rings is 1. The van der Waals surface area contributed by atoms with E-state index in [2.05, 4.69) is 0 Å². The second-order valence-corrected chi connectivity index (χ2v) is 3.80. The SMILES string of the molecule is Br.NC[C@@H]1CCc2cc(O)ccc2C1. The first kappa shape index (κ1) is 11.5. The van der Waals surface area contributed by atoms with Gasteiger partial charge in [-0.05, 0) is 55.0 Å². The van der Waals surface area contributed by atoms with Crippen LogP contribution in [0.15, 0.2) is 18.2 Å². The zero-order valence-corrected chi connectivity index (χ0v) is 9.78. The van der Waals surface area contributed by atoms with Crippen molar-refractivity contribution >= 4 is 17.0 Å². The van der Waals surface area contributed by atoms with Crippen LogP contribution in [-0.2, 0) is 12.8 Å². The molecule has 2 nitrogen and oxygen atoms in total. The van der Waals surface area contributed by atoms with Gasteiger partial charge < -0.3 is 10.8 Å². The minimum atomic E-state index is 0. The smallest absolute Gasteiger partial charge is 0.115 e. The average molecular weight is 258 g/mol. The monoisotopic (exact) mass is 257 g/mol. The molecule has 0 heterocycles. The Morgan fingerprint density at radius 2 is 2.14 bits per heavy atom. The topological polar surface area (TPSA) is 46.2 Å². The predicted molar refractivity (Wildman–Crippen MR) is 63.0 cm³/mol. The van der Waals surface area contributed by atoms with E-state index in [1.807, 2.05) is 12.1 Å². The molecule has 0 aliphatic heterocycles. The lowest BCUT2D eigenvalue weighted by atomic mass is 9.84. The van der Waals surface area contributed by atoms with Gasteiger partial charge in [-0.1, -0.05) is 6.07 Å². The van der Waals surface area contributed by atoms with Crippen LogP contribution in [-0.4, -0.2) is 11.7 Å². The molecule has 1 aliphatic rings. The van der Waals surface area contributed by atoms with Crippen LogP contribution in [0.4, 0.5) is 0 Å². The van der Waals surface area contributed by atoms with Crippen molar-refractivity contribution in [3.63, 3.8) is 0 Å². The number of halogens is 1. The average Bonchev–Trinajstić information content (AvgIpc) is 2.17. The third-order valence-electron chi connectivity index (χ3n) is 2.85. The molecule has 0 bridgehead atoms. The number of nitrogens with two attached hydrogens (primary N) is 1. The van der Waals surface area contributed by atoms with Crippen LogP contribution in [0.25, 0.3) is 0 Å². The van der Waals surface area contributed by atoms with Crippen molar-refractivity contribution in [3.05, 3.63) is 29.3 Å². The molecule has 1 aromatic carbocycles. The zero-order chi connectivity index (χ0) is 9.26. The van der Waals surface area contributed by atoms with Gasteiger partial charge in [-0.25, -0.2) is 0 Å². The molecule has 0 amide bonds. The van der Waals surface area contributed by atoms with E-state index in [0.29, 0.717) is 11.7 Å². The molecule has 3 heteroatoms. The highest BCUT2D eigenvalue weighted by molar-refractivity contribution is 8.93. The van der Waals surface area contributed by atoms with E-state index in [0.717, 1.165) is 25.8 Å². The molecule has 1 aromatic rings. The van der Waals surface area contributed by atoms with Gasteiger partial charge in [0.2, 0.25) is 0 Å². The van der Waals surface area contributed by atoms with Gasteiger partial charge >= 0.3 is 0 Å². The Balaban J connectivity index is 0.000000980. The van der Waals surface area contributed by atoms with Crippen LogP contribution < -0.4 is 5.73 Å². The number of aromatic hydroxyl groups is 1. The Hall–Kier alpha value is -0.540. The summed E-state index contributed by atoms with van der Waals surface area (Å²) in [4.78, 5) is 0. The van der Waals surface area contributed by atoms with E-state index < -0.39 is 0 Å². The lowest BCUT2D eigenvalue weighted by Gasteiger charge is -2.23.